The summed E-state index contributed by atoms with van der Waals surface area (Å²) in [6, 6.07) is 8.68. The Balaban J connectivity index is 1.45. The third kappa shape index (κ3) is 3.05. The lowest BCUT2D eigenvalue weighted by Crippen LogP contribution is -2.05. The molecule has 3 heterocycles. The molecule has 1 saturated carbocycles. The van der Waals surface area contributed by atoms with E-state index in [9.17, 15) is 4.39 Å². The summed E-state index contributed by atoms with van der Waals surface area (Å²) in [5.41, 5.74) is 3.36. The first-order valence-corrected chi connectivity index (χ1v) is 8.98. The number of hydrogen-bond acceptors (Lipinski definition) is 4. The Hall–Kier alpha value is -3.22. The monoisotopic (exact) mass is 363 g/mol. The highest BCUT2D eigenvalue weighted by Crippen LogP contribution is 2.35. The van der Waals surface area contributed by atoms with E-state index in [1.165, 1.54) is 25.0 Å². The Morgan fingerprint density at radius 2 is 2.07 bits per heavy atom. The van der Waals surface area contributed by atoms with Gasteiger partial charge in [-0.2, -0.15) is 15.2 Å². The lowest BCUT2D eigenvalue weighted by atomic mass is 10.1. The maximum absolute atomic E-state index is 13.4. The molecule has 0 N–H and O–H groups in total. The number of ether oxygens (including phenoxy) is 1. The molecule has 136 valence electrons. The molecule has 5 rings (SSSR count). The molecule has 0 radical (unpaired) electrons. The van der Waals surface area contributed by atoms with Crippen molar-refractivity contribution in [1.82, 2.24) is 24.4 Å². The molecule has 1 aliphatic rings. The molecule has 0 spiro atoms. The van der Waals surface area contributed by atoms with E-state index in [0.29, 0.717) is 17.6 Å². The molecule has 0 bridgehead atoms. The average molecular weight is 363 g/mol. The second-order valence-electron chi connectivity index (χ2n) is 6.85. The molecule has 7 heteroatoms. The summed E-state index contributed by atoms with van der Waals surface area (Å²) in [7, 11) is 0. The van der Waals surface area contributed by atoms with Crippen molar-refractivity contribution in [3.05, 3.63) is 66.5 Å². The summed E-state index contributed by atoms with van der Waals surface area (Å²) in [6.07, 6.45) is 9.54. The minimum absolute atomic E-state index is 0.280. The molecule has 1 atom stereocenters. The molecule has 1 fully saturated rings. The molecule has 0 amide bonds. The van der Waals surface area contributed by atoms with Crippen LogP contribution in [0.4, 0.5) is 4.39 Å². The molecule has 27 heavy (non-hydrogen) atoms. The predicted molar refractivity (Wildman–Crippen MR) is 97.9 cm³/mol. The van der Waals surface area contributed by atoms with Crippen LogP contribution in [0.15, 0.2) is 55.1 Å². The van der Waals surface area contributed by atoms with Crippen molar-refractivity contribution in [2.24, 2.45) is 0 Å². The van der Waals surface area contributed by atoms with Crippen molar-refractivity contribution in [2.75, 3.05) is 0 Å². The van der Waals surface area contributed by atoms with Crippen molar-refractivity contribution in [1.29, 1.82) is 0 Å². The quantitative estimate of drug-likeness (QED) is 0.533. The maximum atomic E-state index is 13.4. The van der Waals surface area contributed by atoms with Crippen LogP contribution >= 0.6 is 0 Å². The van der Waals surface area contributed by atoms with Gasteiger partial charge in [-0.05, 0) is 37.5 Å². The summed E-state index contributed by atoms with van der Waals surface area (Å²) >= 11 is 0. The topological polar surface area (TPSA) is 57.2 Å². The van der Waals surface area contributed by atoms with Crippen molar-refractivity contribution >= 4 is 5.65 Å². The van der Waals surface area contributed by atoms with Crippen LogP contribution in [-0.4, -0.2) is 24.4 Å². The molecular weight excluding hydrogens is 345 g/mol. The van der Waals surface area contributed by atoms with Crippen LogP contribution in [0.1, 0.15) is 37.5 Å². The van der Waals surface area contributed by atoms with Gasteiger partial charge in [-0.25, -0.2) is 8.91 Å². The summed E-state index contributed by atoms with van der Waals surface area (Å²) in [4.78, 5) is 4.62. The fourth-order valence-electron chi connectivity index (χ4n) is 3.15. The largest absolute Gasteiger partial charge is 0.470 e. The van der Waals surface area contributed by atoms with E-state index >= 15 is 0 Å². The van der Waals surface area contributed by atoms with E-state index in [4.69, 9.17) is 4.74 Å². The molecule has 3 aromatic heterocycles. The standard InChI is InChI=1S/C20H18FN5O/c1-13(14-3-2-4-16(21)9-14)27-19-7-8-25-20(24-19)18(11-23-25)15-10-22-26(12-15)17-5-6-17/h2-4,7-13,17H,5-6H2,1H3. The van der Waals surface area contributed by atoms with Crippen molar-refractivity contribution in [3.63, 3.8) is 0 Å². The minimum atomic E-state index is -0.320. The first kappa shape index (κ1) is 16.0. The number of benzene rings is 1. The van der Waals surface area contributed by atoms with E-state index in [-0.39, 0.29) is 11.9 Å². The average Bonchev–Trinajstić information content (AvgIpc) is 3.25. The molecule has 6 nitrogen and oxygen atoms in total. The fraction of sp³-hybridized carbons (Fsp3) is 0.250. The van der Waals surface area contributed by atoms with E-state index in [2.05, 4.69) is 15.2 Å². The van der Waals surface area contributed by atoms with Gasteiger partial charge in [-0.15, -0.1) is 0 Å². The zero-order valence-electron chi connectivity index (χ0n) is 14.8. The minimum Gasteiger partial charge on any atom is -0.470 e. The molecule has 0 saturated heterocycles. The molecule has 1 aliphatic carbocycles. The number of fused-ring (bicyclic) bond motifs is 1. The normalized spacial score (nSPS) is 15.2. The zero-order chi connectivity index (χ0) is 18.4. The number of nitrogens with zero attached hydrogens (tertiary/aromatic N) is 5. The maximum Gasteiger partial charge on any atom is 0.217 e. The zero-order valence-corrected chi connectivity index (χ0v) is 14.8. The van der Waals surface area contributed by atoms with Gasteiger partial charge in [0, 0.05) is 29.6 Å². The molecular formula is C20H18FN5O. The molecule has 1 unspecified atom stereocenters. The van der Waals surface area contributed by atoms with Gasteiger partial charge in [-0.1, -0.05) is 12.1 Å². The highest BCUT2D eigenvalue weighted by Gasteiger charge is 2.25. The van der Waals surface area contributed by atoms with Crippen LogP contribution in [0.3, 0.4) is 0 Å². The van der Waals surface area contributed by atoms with E-state index in [1.54, 1.807) is 22.8 Å². The Morgan fingerprint density at radius 3 is 2.89 bits per heavy atom. The lowest BCUT2D eigenvalue weighted by Gasteiger charge is -2.14. The Bertz CT molecular complexity index is 1110. The van der Waals surface area contributed by atoms with Crippen molar-refractivity contribution < 1.29 is 9.13 Å². The molecule has 4 aromatic rings. The Kier molecular flexibility index (Phi) is 3.67. The number of aromatic nitrogens is 5. The molecule has 1 aromatic carbocycles. The summed E-state index contributed by atoms with van der Waals surface area (Å²) in [6.45, 7) is 1.87. The first-order valence-electron chi connectivity index (χ1n) is 8.98. The van der Waals surface area contributed by atoms with Crippen LogP contribution in [0.2, 0.25) is 0 Å². The highest BCUT2D eigenvalue weighted by molar-refractivity contribution is 5.76. The van der Waals surface area contributed by atoms with Gasteiger partial charge in [0.15, 0.2) is 5.65 Å². The van der Waals surface area contributed by atoms with E-state index < -0.39 is 0 Å². The lowest BCUT2D eigenvalue weighted by molar-refractivity contribution is 0.217. The van der Waals surface area contributed by atoms with E-state index in [0.717, 1.165) is 16.7 Å². The second kappa shape index (κ2) is 6.19. The van der Waals surface area contributed by atoms with Gasteiger partial charge in [-0.3, -0.25) is 4.68 Å². The smallest absolute Gasteiger partial charge is 0.217 e. The van der Waals surface area contributed by atoms with Crippen LogP contribution < -0.4 is 4.74 Å². The van der Waals surface area contributed by atoms with Crippen LogP contribution in [-0.2, 0) is 0 Å². The Labute approximate surface area is 155 Å². The van der Waals surface area contributed by atoms with Gasteiger partial charge < -0.3 is 4.74 Å². The first-order chi connectivity index (χ1) is 13.2. The van der Waals surface area contributed by atoms with Crippen LogP contribution in [0.5, 0.6) is 5.88 Å². The van der Waals surface area contributed by atoms with Crippen LogP contribution in [0, 0.1) is 5.82 Å². The van der Waals surface area contributed by atoms with Gasteiger partial charge in [0.05, 0.1) is 18.4 Å². The highest BCUT2D eigenvalue weighted by atomic mass is 19.1. The third-order valence-corrected chi connectivity index (χ3v) is 4.79. The van der Waals surface area contributed by atoms with Gasteiger partial charge >= 0.3 is 0 Å². The van der Waals surface area contributed by atoms with E-state index in [1.807, 2.05) is 36.3 Å². The fourth-order valence-corrected chi connectivity index (χ4v) is 3.15. The molecule has 0 aliphatic heterocycles. The Morgan fingerprint density at radius 1 is 1.19 bits per heavy atom. The van der Waals surface area contributed by atoms with Gasteiger partial charge in [0.25, 0.3) is 0 Å². The number of halogens is 1. The summed E-state index contributed by atoms with van der Waals surface area (Å²) in [5, 5.41) is 8.81. The predicted octanol–water partition coefficient (Wildman–Crippen LogP) is 4.21. The SMILES string of the molecule is CC(Oc1ccn2ncc(-c3cnn(C4CC4)c3)c2n1)c1cccc(F)c1. The number of hydrogen-bond donors (Lipinski definition) is 0. The summed E-state index contributed by atoms with van der Waals surface area (Å²) in [5.74, 6) is 0.188. The van der Waals surface area contributed by atoms with Crippen molar-refractivity contribution in [3.8, 4) is 17.0 Å². The van der Waals surface area contributed by atoms with Crippen LogP contribution in [0.25, 0.3) is 16.8 Å². The second-order valence-corrected chi connectivity index (χ2v) is 6.85. The summed E-state index contributed by atoms with van der Waals surface area (Å²) < 4.78 is 23.1. The van der Waals surface area contributed by atoms with Gasteiger partial charge in [0.1, 0.15) is 11.9 Å². The van der Waals surface area contributed by atoms with Gasteiger partial charge in [0.2, 0.25) is 5.88 Å². The third-order valence-electron chi connectivity index (χ3n) is 4.79. The van der Waals surface area contributed by atoms with Crippen molar-refractivity contribution in [2.45, 2.75) is 31.9 Å². The number of rotatable bonds is 5.